The normalized spacial score (nSPS) is 12.5. The van der Waals surface area contributed by atoms with E-state index in [1.54, 1.807) is 12.1 Å². The summed E-state index contributed by atoms with van der Waals surface area (Å²) in [6, 6.07) is 24.4. The number of ether oxygens (including phenoxy) is 6. The first-order valence-electron chi connectivity index (χ1n) is 24.3. The molecule has 85 heavy (non-hydrogen) atoms. The monoisotopic (exact) mass is 1240 g/mol. The van der Waals surface area contributed by atoms with Crippen LogP contribution in [-0.4, -0.2) is 101 Å². The molecular weight excluding hydrogens is 1190 g/mol. The molecule has 0 bridgehead atoms. The van der Waals surface area contributed by atoms with Crippen molar-refractivity contribution in [1.29, 1.82) is 0 Å². The molecule has 0 saturated heterocycles. The van der Waals surface area contributed by atoms with Crippen molar-refractivity contribution < 1.29 is 80.3 Å². The van der Waals surface area contributed by atoms with E-state index >= 15 is 0 Å². The van der Waals surface area contributed by atoms with Gasteiger partial charge in [-0.2, -0.15) is 54.1 Å². The van der Waals surface area contributed by atoms with Crippen LogP contribution >= 0.6 is 0 Å². The van der Waals surface area contributed by atoms with E-state index in [0.29, 0.717) is 57.5 Å². The summed E-state index contributed by atoms with van der Waals surface area (Å²) in [4.78, 5) is -3.00. The minimum Gasteiger partial charge on any atom is -0.495 e. The van der Waals surface area contributed by atoms with E-state index in [1.807, 2.05) is 26.0 Å². The highest BCUT2D eigenvalue weighted by Crippen LogP contribution is 2.45. The quantitative estimate of drug-likeness (QED) is 0.0208. The van der Waals surface area contributed by atoms with Crippen LogP contribution in [0.5, 0.6) is 34.5 Å². The lowest BCUT2D eigenvalue weighted by Gasteiger charge is -2.17. The van der Waals surface area contributed by atoms with E-state index in [1.165, 1.54) is 103 Å². The Morgan fingerprint density at radius 2 is 0.647 bits per heavy atom. The summed E-state index contributed by atoms with van der Waals surface area (Å²) in [5, 5.41) is 41.3. The molecule has 0 saturated carbocycles. The van der Waals surface area contributed by atoms with Gasteiger partial charge in [0.1, 0.15) is 67.0 Å². The van der Waals surface area contributed by atoms with Gasteiger partial charge in [-0.3, -0.25) is 18.2 Å². The Balaban J connectivity index is 0.952. The zero-order valence-corrected chi connectivity index (χ0v) is 49.1. The Morgan fingerprint density at radius 1 is 0.353 bits per heavy atom. The summed E-state index contributed by atoms with van der Waals surface area (Å²) in [5.74, 6) is 1.72. The summed E-state index contributed by atoms with van der Waals surface area (Å²) in [7, 11) is -10.9. The number of anilines is 2. The third-order valence-electron chi connectivity index (χ3n) is 12.5. The van der Waals surface area contributed by atoms with Gasteiger partial charge in [0.2, 0.25) is 0 Å². The number of benzene rings is 8. The molecule has 8 rings (SSSR count). The molecule has 444 valence electrons. The SMILES string of the molecule is COc1cc(N=Nc2cc(OC)c(NCNc3cc(C)c(N=Nc4cc(OC)c(N=Nc5ccc6cc(S(=O)(=O)O)cc(S(=O)(=O)O)c6c5)cc4OC)cc3OC)cc2C)c(OC)cc1N=Nc1ccc2cc(S(=O)(=O)O)cc(S(=O)(=O)O)c2c1. The number of hydrogen-bond acceptors (Lipinski definition) is 24. The molecule has 0 fully saturated rings. The molecule has 28 nitrogen and oxygen atoms in total. The second-order valence-electron chi connectivity index (χ2n) is 18.0. The lowest BCUT2D eigenvalue weighted by atomic mass is 10.1. The van der Waals surface area contributed by atoms with Gasteiger partial charge in [-0.05, 0) is 96.4 Å². The standard InChI is InChI=1S/C53H50N10O18S4/c1-28-13-40(46(76-3)21-38(28)58-62-44-25-48(78-5)42(23-50(44)80-7)60-56-32-11-9-30-15-34(82(64,65)66)19-52(36(30)17-32)84(70,71)72)54-27-55-41-14-29(2)39(22-47(41)77-4)59-63-45-26-49(79-6)43(24-51(45)81-8)61-57-33-12-10-31-16-35(83(67,68)69)20-53(37(31)18-33)85(73,74)75/h9-26,54-55H,27H2,1-8H3,(H,64,65,66)(H,67,68,69)(H,70,71,72)(H,73,74,75). The molecule has 8 aromatic carbocycles. The maximum absolute atomic E-state index is 12.2. The maximum Gasteiger partial charge on any atom is 0.295 e. The van der Waals surface area contributed by atoms with Crippen molar-refractivity contribution in [2.24, 2.45) is 40.9 Å². The molecule has 0 aromatic heterocycles. The van der Waals surface area contributed by atoms with E-state index in [4.69, 9.17) is 28.4 Å². The fraction of sp³-hybridized carbons (Fsp3) is 0.170. The number of fused-ring (bicyclic) bond motifs is 2. The van der Waals surface area contributed by atoms with Crippen molar-refractivity contribution in [3.63, 3.8) is 0 Å². The third kappa shape index (κ3) is 14.2. The van der Waals surface area contributed by atoms with Crippen LogP contribution in [0.4, 0.5) is 56.9 Å². The lowest BCUT2D eigenvalue weighted by molar-refractivity contribution is 0.405. The molecule has 0 amide bonds. The number of rotatable bonds is 22. The first kappa shape index (κ1) is 61.8. The number of nitrogens with zero attached hydrogens (tertiary/aromatic N) is 8. The molecular formula is C53H50N10O18S4. The van der Waals surface area contributed by atoms with Crippen LogP contribution in [0.15, 0.2) is 170 Å². The average molecular weight is 1240 g/mol. The number of methoxy groups -OCH3 is 6. The highest BCUT2D eigenvalue weighted by Gasteiger charge is 2.23. The zero-order chi connectivity index (χ0) is 61.8. The highest BCUT2D eigenvalue weighted by atomic mass is 32.2. The summed E-state index contributed by atoms with van der Waals surface area (Å²) in [6.07, 6.45) is 0. The minimum absolute atomic E-state index is 0.0730. The third-order valence-corrected chi connectivity index (χ3v) is 16.0. The summed E-state index contributed by atoms with van der Waals surface area (Å²) in [5.41, 5.74) is 4.64. The van der Waals surface area contributed by atoms with Crippen molar-refractivity contribution in [3.8, 4) is 34.5 Å². The van der Waals surface area contributed by atoms with Gasteiger partial charge >= 0.3 is 0 Å². The molecule has 8 aromatic rings. The summed E-state index contributed by atoms with van der Waals surface area (Å²) < 4.78 is 168. The fourth-order valence-electron chi connectivity index (χ4n) is 8.32. The number of aryl methyl sites for hydroxylation is 2. The molecule has 0 aliphatic carbocycles. The van der Waals surface area contributed by atoms with Crippen LogP contribution in [0.3, 0.4) is 0 Å². The Labute approximate surface area is 485 Å². The van der Waals surface area contributed by atoms with Crippen molar-refractivity contribution in [3.05, 3.63) is 120 Å². The smallest absolute Gasteiger partial charge is 0.295 e. The molecule has 0 spiro atoms. The van der Waals surface area contributed by atoms with Gasteiger partial charge in [-0.25, -0.2) is 0 Å². The zero-order valence-electron chi connectivity index (χ0n) is 45.8. The van der Waals surface area contributed by atoms with Crippen molar-refractivity contribution in [2.75, 3.05) is 60.0 Å². The molecule has 32 heteroatoms. The minimum atomic E-state index is -4.95. The van der Waals surface area contributed by atoms with E-state index in [9.17, 15) is 51.9 Å². The Kier molecular flexibility index (Phi) is 18.1. The van der Waals surface area contributed by atoms with Gasteiger partial charge < -0.3 is 39.1 Å². The van der Waals surface area contributed by atoms with Gasteiger partial charge in [0.05, 0.1) is 93.2 Å². The summed E-state index contributed by atoms with van der Waals surface area (Å²) in [6.45, 7) is 3.86. The van der Waals surface area contributed by atoms with E-state index < -0.39 is 60.1 Å². The first-order chi connectivity index (χ1) is 40.1. The Morgan fingerprint density at radius 3 is 0.941 bits per heavy atom. The fourth-order valence-corrected chi connectivity index (χ4v) is 11.0. The number of azo groups is 4. The lowest BCUT2D eigenvalue weighted by Crippen LogP contribution is -2.13. The molecule has 0 heterocycles. The molecule has 0 atom stereocenters. The topological polar surface area (TPSA) is 396 Å². The van der Waals surface area contributed by atoms with Crippen LogP contribution in [0.1, 0.15) is 11.1 Å². The van der Waals surface area contributed by atoms with Gasteiger partial charge in [0.25, 0.3) is 40.5 Å². The molecule has 0 aliphatic rings. The van der Waals surface area contributed by atoms with Crippen LogP contribution in [-0.2, 0) is 40.5 Å². The Hall–Kier alpha value is -9.28. The Bertz CT molecular complexity index is 4300. The van der Waals surface area contributed by atoms with Crippen LogP contribution in [0, 0.1) is 13.8 Å². The number of nitrogens with one attached hydrogen (secondary N) is 2. The van der Waals surface area contributed by atoms with Crippen LogP contribution < -0.4 is 39.1 Å². The van der Waals surface area contributed by atoms with Gasteiger partial charge in [-0.1, -0.05) is 12.1 Å². The second-order valence-corrected chi connectivity index (χ2v) is 23.6. The van der Waals surface area contributed by atoms with Crippen molar-refractivity contribution in [2.45, 2.75) is 33.4 Å². The predicted octanol–water partition coefficient (Wildman–Crippen LogP) is 12.8. The maximum atomic E-state index is 12.2. The van der Waals surface area contributed by atoms with Crippen LogP contribution in [0.2, 0.25) is 0 Å². The molecule has 0 aliphatic heterocycles. The van der Waals surface area contributed by atoms with E-state index in [-0.39, 0.29) is 85.3 Å². The van der Waals surface area contributed by atoms with Crippen LogP contribution in [0.25, 0.3) is 21.5 Å². The van der Waals surface area contributed by atoms with Gasteiger partial charge in [0.15, 0.2) is 0 Å². The highest BCUT2D eigenvalue weighted by molar-refractivity contribution is 7.87. The summed E-state index contributed by atoms with van der Waals surface area (Å²) >= 11 is 0. The van der Waals surface area contributed by atoms with Crippen molar-refractivity contribution >= 4 is 119 Å². The van der Waals surface area contributed by atoms with Gasteiger partial charge in [0, 0.05) is 47.2 Å². The largest absolute Gasteiger partial charge is 0.495 e. The first-order valence-corrected chi connectivity index (χ1v) is 30.0. The average Bonchev–Trinajstić information content (AvgIpc) is 3.04. The van der Waals surface area contributed by atoms with E-state index in [0.717, 1.165) is 12.1 Å². The predicted molar refractivity (Wildman–Crippen MR) is 311 cm³/mol. The van der Waals surface area contributed by atoms with Gasteiger partial charge in [-0.15, -0.1) is 20.5 Å². The van der Waals surface area contributed by atoms with E-state index in [2.05, 4.69) is 51.5 Å². The molecule has 0 unspecified atom stereocenters. The molecule has 6 N–H and O–H groups in total. The number of hydrogen-bond donors (Lipinski definition) is 6. The second kappa shape index (κ2) is 24.9. The van der Waals surface area contributed by atoms with Crippen molar-refractivity contribution in [1.82, 2.24) is 0 Å². The molecule has 0 radical (unpaired) electrons.